The average Bonchev–Trinajstić information content (AvgIpc) is 3.02. The van der Waals surface area contributed by atoms with E-state index in [1.54, 1.807) is 12.3 Å². The molecule has 0 spiro atoms. The summed E-state index contributed by atoms with van der Waals surface area (Å²) in [4.78, 5) is 22.0. The highest BCUT2D eigenvalue weighted by atomic mass is 16.5. The van der Waals surface area contributed by atoms with E-state index in [1.807, 2.05) is 4.90 Å². The Morgan fingerprint density at radius 1 is 1.24 bits per heavy atom. The molecule has 1 N–H and O–H groups in total. The summed E-state index contributed by atoms with van der Waals surface area (Å²) in [7, 11) is 0. The lowest BCUT2D eigenvalue weighted by Crippen LogP contribution is -2.48. The summed E-state index contributed by atoms with van der Waals surface area (Å²) in [5.41, 5.74) is 0. The second-order valence-corrected chi connectivity index (χ2v) is 5.78. The van der Waals surface area contributed by atoms with Crippen LogP contribution in [-0.4, -0.2) is 46.1 Å². The van der Waals surface area contributed by atoms with E-state index in [0.717, 1.165) is 38.8 Å². The maximum absolute atomic E-state index is 12.2. The summed E-state index contributed by atoms with van der Waals surface area (Å²) in [6.07, 6.45) is 9.71. The topological polar surface area (TPSA) is 67.4 Å². The lowest BCUT2D eigenvalue weighted by molar-refractivity contribution is 0.106. The van der Waals surface area contributed by atoms with Crippen molar-refractivity contribution in [2.45, 2.75) is 50.7 Å². The first-order valence-corrected chi connectivity index (χ1v) is 7.79. The molecule has 1 aliphatic carbocycles. The normalized spacial score (nSPS) is 20.5. The van der Waals surface area contributed by atoms with Crippen molar-refractivity contribution < 1.29 is 9.53 Å². The summed E-state index contributed by atoms with van der Waals surface area (Å²) in [5, 5.41) is 3.14. The number of hydrogen-bond acceptors (Lipinski definition) is 4. The fourth-order valence-corrected chi connectivity index (χ4v) is 3.03. The highest BCUT2D eigenvalue weighted by molar-refractivity contribution is 5.74. The van der Waals surface area contributed by atoms with Crippen LogP contribution in [0.2, 0.25) is 0 Å². The van der Waals surface area contributed by atoms with E-state index in [2.05, 4.69) is 15.3 Å². The van der Waals surface area contributed by atoms with Gasteiger partial charge in [-0.25, -0.2) is 14.8 Å². The maximum Gasteiger partial charge on any atom is 0.317 e. The maximum atomic E-state index is 12.2. The van der Waals surface area contributed by atoms with Crippen LogP contribution < -0.4 is 10.1 Å². The lowest BCUT2D eigenvalue weighted by atomic mass is 10.1. The Morgan fingerprint density at radius 3 is 2.67 bits per heavy atom. The molecule has 2 heterocycles. The largest absolute Gasteiger partial charge is 0.474 e. The van der Waals surface area contributed by atoms with Crippen molar-refractivity contribution in [2.24, 2.45) is 0 Å². The molecule has 6 nitrogen and oxygen atoms in total. The molecule has 21 heavy (non-hydrogen) atoms. The van der Waals surface area contributed by atoms with Crippen molar-refractivity contribution in [3.8, 4) is 5.88 Å². The van der Waals surface area contributed by atoms with Gasteiger partial charge in [-0.3, -0.25) is 0 Å². The summed E-state index contributed by atoms with van der Waals surface area (Å²) < 4.78 is 5.81. The Hall–Kier alpha value is -1.85. The van der Waals surface area contributed by atoms with Gasteiger partial charge in [-0.05, 0) is 12.8 Å². The lowest BCUT2D eigenvalue weighted by Gasteiger charge is -2.32. The van der Waals surface area contributed by atoms with Gasteiger partial charge in [0, 0.05) is 44.2 Å². The van der Waals surface area contributed by atoms with Gasteiger partial charge < -0.3 is 15.0 Å². The molecule has 0 unspecified atom stereocenters. The van der Waals surface area contributed by atoms with E-state index in [4.69, 9.17) is 4.74 Å². The monoisotopic (exact) mass is 290 g/mol. The zero-order valence-corrected chi connectivity index (χ0v) is 12.2. The van der Waals surface area contributed by atoms with E-state index in [1.165, 1.54) is 19.2 Å². The summed E-state index contributed by atoms with van der Waals surface area (Å²) >= 11 is 0. The van der Waals surface area contributed by atoms with Gasteiger partial charge >= 0.3 is 6.03 Å². The molecule has 1 aromatic heterocycles. The number of carbonyl (C=O) groups is 1. The Kier molecular flexibility index (Phi) is 4.52. The number of aromatic nitrogens is 2. The molecule has 0 aromatic carbocycles. The van der Waals surface area contributed by atoms with Crippen LogP contribution in [-0.2, 0) is 0 Å². The zero-order chi connectivity index (χ0) is 14.5. The highest BCUT2D eigenvalue weighted by Crippen LogP contribution is 2.19. The van der Waals surface area contributed by atoms with Crippen LogP contribution in [0.5, 0.6) is 5.88 Å². The third-order valence-electron chi connectivity index (χ3n) is 4.25. The average molecular weight is 290 g/mol. The van der Waals surface area contributed by atoms with Crippen molar-refractivity contribution >= 4 is 6.03 Å². The number of nitrogens with one attached hydrogen (secondary N) is 1. The number of nitrogens with zero attached hydrogens (tertiary/aromatic N) is 3. The minimum absolute atomic E-state index is 0.0855. The van der Waals surface area contributed by atoms with Gasteiger partial charge in [0.25, 0.3) is 0 Å². The molecule has 2 amide bonds. The van der Waals surface area contributed by atoms with E-state index < -0.39 is 0 Å². The van der Waals surface area contributed by atoms with Crippen molar-refractivity contribution in [1.29, 1.82) is 0 Å². The standard InChI is InChI=1S/C15H22N4O2/c20-15(18-12-3-1-2-4-12)19-9-6-13(7-10-19)21-14-5-8-16-11-17-14/h5,8,11-13H,1-4,6-7,9-10H2,(H,18,20). The van der Waals surface area contributed by atoms with Gasteiger partial charge in [0.15, 0.2) is 0 Å². The number of amides is 2. The van der Waals surface area contributed by atoms with Gasteiger partial charge in [0.1, 0.15) is 12.4 Å². The Balaban J connectivity index is 1.43. The minimum Gasteiger partial charge on any atom is -0.474 e. The van der Waals surface area contributed by atoms with Crippen LogP contribution >= 0.6 is 0 Å². The second-order valence-electron chi connectivity index (χ2n) is 5.78. The predicted molar refractivity (Wildman–Crippen MR) is 78.0 cm³/mol. The van der Waals surface area contributed by atoms with Crippen molar-refractivity contribution in [1.82, 2.24) is 20.2 Å². The molecule has 2 aliphatic rings. The molecular formula is C15H22N4O2. The summed E-state index contributed by atoms with van der Waals surface area (Å²) in [6.45, 7) is 1.49. The Bertz CT molecular complexity index is 454. The molecule has 114 valence electrons. The van der Waals surface area contributed by atoms with Gasteiger partial charge in [-0.1, -0.05) is 12.8 Å². The highest BCUT2D eigenvalue weighted by Gasteiger charge is 2.26. The first kappa shape index (κ1) is 14.1. The molecule has 0 radical (unpaired) electrons. The molecule has 1 aliphatic heterocycles. The number of carbonyl (C=O) groups excluding carboxylic acids is 1. The molecule has 1 saturated carbocycles. The molecular weight excluding hydrogens is 268 g/mol. The van der Waals surface area contributed by atoms with Crippen LogP contribution in [0, 0.1) is 0 Å². The smallest absolute Gasteiger partial charge is 0.317 e. The molecule has 3 rings (SSSR count). The SMILES string of the molecule is O=C(NC1CCCC1)N1CCC(Oc2ccncn2)CC1. The van der Waals surface area contributed by atoms with Gasteiger partial charge in [0.2, 0.25) is 5.88 Å². The predicted octanol–water partition coefficient (Wildman–Crippen LogP) is 1.97. The van der Waals surface area contributed by atoms with Crippen LogP contribution in [0.1, 0.15) is 38.5 Å². The second kappa shape index (κ2) is 6.74. The first-order valence-electron chi connectivity index (χ1n) is 7.79. The minimum atomic E-state index is 0.0855. The number of hydrogen-bond donors (Lipinski definition) is 1. The number of ether oxygens (including phenoxy) is 1. The summed E-state index contributed by atoms with van der Waals surface area (Å²) in [6, 6.07) is 2.23. The molecule has 0 atom stereocenters. The summed E-state index contributed by atoms with van der Waals surface area (Å²) in [5.74, 6) is 0.610. The molecule has 1 saturated heterocycles. The first-order chi connectivity index (χ1) is 10.3. The zero-order valence-electron chi connectivity index (χ0n) is 12.2. The van der Waals surface area contributed by atoms with Crippen LogP contribution in [0.3, 0.4) is 0 Å². The quantitative estimate of drug-likeness (QED) is 0.924. The Labute approximate surface area is 124 Å². The Morgan fingerprint density at radius 2 is 2.00 bits per heavy atom. The van der Waals surface area contributed by atoms with Crippen LogP contribution in [0.4, 0.5) is 4.79 Å². The van der Waals surface area contributed by atoms with Crippen LogP contribution in [0.25, 0.3) is 0 Å². The molecule has 6 heteroatoms. The third-order valence-corrected chi connectivity index (χ3v) is 4.25. The van der Waals surface area contributed by atoms with Gasteiger partial charge in [-0.15, -0.1) is 0 Å². The van der Waals surface area contributed by atoms with Gasteiger partial charge in [-0.2, -0.15) is 0 Å². The third kappa shape index (κ3) is 3.83. The van der Waals surface area contributed by atoms with Crippen molar-refractivity contribution in [2.75, 3.05) is 13.1 Å². The van der Waals surface area contributed by atoms with E-state index in [-0.39, 0.29) is 12.1 Å². The molecule has 0 bridgehead atoms. The van der Waals surface area contributed by atoms with E-state index in [0.29, 0.717) is 11.9 Å². The number of rotatable bonds is 3. The fourth-order valence-electron chi connectivity index (χ4n) is 3.03. The number of urea groups is 1. The van der Waals surface area contributed by atoms with Crippen molar-refractivity contribution in [3.05, 3.63) is 18.6 Å². The van der Waals surface area contributed by atoms with Gasteiger partial charge in [0.05, 0.1) is 0 Å². The fraction of sp³-hybridized carbons (Fsp3) is 0.667. The van der Waals surface area contributed by atoms with Crippen LogP contribution in [0.15, 0.2) is 18.6 Å². The number of piperidine rings is 1. The molecule has 1 aromatic rings. The van der Waals surface area contributed by atoms with E-state index >= 15 is 0 Å². The molecule has 2 fully saturated rings. The van der Waals surface area contributed by atoms with Crippen molar-refractivity contribution in [3.63, 3.8) is 0 Å². The number of likely N-dealkylation sites (tertiary alicyclic amines) is 1. The van der Waals surface area contributed by atoms with E-state index in [9.17, 15) is 4.79 Å².